The van der Waals surface area contributed by atoms with Gasteiger partial charge in [-0.25, -0.2) is 9.97 Å². The van der Waals surface area contributed by atoms with Crippen molar-refractivity contribution in [2.24, 2.45) is 0 Å². The quantitative estimate of drug-likeness (QED) is 0.576. The van der Waals surface area contributed by atoms with Gasteiger partial charge in [0.25, 0.3) is 5.91 Å². The van der Waals surface area contributed by atoms with Gasteiger partial charge in [-0.1, -0.05) is 0 Å². The van der Waals surface area contributed by atoms with E-state index in [1.54, 1.807) is 6.07 Å². The van der Waals surface area contributed by atoms with Crippen molar-refractivity contribution in [1.29, 1.82) is 0 Å². The number of nitrogens with one attached hydrogen (secondary N) is 1. The highest BCUT2D eigenvalue weighted by atomic mass is 32.1. The average Bonchev–Trinajstić information content (AvgIpc) is 3.48. The summed E-state index contributed by atoms with van der Waals surface area (Å²) < 4.78 is 11.2. The normalized spacial score (nSPS) is 13.5. The molecule has 0 radical (unpaired) electrons. The Bertz CT molecular complexity index is 1070. The van der Waals surface area contributed by atoms with Crippen molar-refractivity contribution in [3.05, 3.63) is 40.2 Å². The van der Waals surface area contributed by atoms with Crippen LogP contribution in [0.2, 0.25) is 0 Å². The van der Waals surface area contributed by atoms with E-state index in [2.05, 4.69) is 10.3 Å². The van der Waals surface area contributed by atoms with Crippen molar-refractivity contribution in [3.63, 3.8) is 0 Å². The Balaban J connectivity index is 1.68. The number of carbonyl (C=O) groups is 1. The lowest BCUT2D eigenvalue weighted by molar-refractivity contribution is 0.102. The number of rotatable bonds is 7. The number of hydrogen-bond donors (Lipinski definition) is 1. The first-order chi connectivity index (χ1) is 14.0. The highest BCUT2D eigenvalue weighted by molar-refractivity contribution is 7.20. The smallest absolute Gasteiger partial charge is 0.266 e. The van der Waals surface area contributed by atoms with E-state index in [4.69, 9.17) is 14.5 Å². The number of hydrogen-bond acceptors (Lipinski definition) is 6. The first-order valence-electron chi connectivity index (χ1n) is 10.00. The topological polar surface area (TPSA) is 73.3 Å². The van der Waals surface area contributed by atoms with Gasteiger partial charge >= 0.3 is 0 Å². The largest absolute Gasteiger partial charge is 0.494 e. The lowest BCUT2D eigenvalue weighted by Crippen LogP contribution is -2.13. The second kappa shape index (κ2) is 7.99. The second-order valence-corrected chi connectivity index (χ2v) is 8.16. The average molecular weight is 412 g/mol. The molecule has 4 rings (SSSR count). The fraction of sp³-hybridized carbons (Fsp3) is 0.409. The lowest BCUT2D eigenvalue weighted by atomic mass is 10.1. The molecule has 2 heterocycles. The van der Waals surface area contributed by atoms with Gasteiger partial charge in [0.05, 0.1) is 29.5 Å². The van der Waals surface area contributed by atoms with Crippen molar-refractivity contribution >= 4 is 33.1 Å². The maximum absolute atomic E-state index is 13.1. The number of carbonyl (C=O) groups excluding carboxylic acids is 1. The molecule has 0 aliphatic heterocycles. The molecule has 1 aromatic carbocycles. The van der Waals surface area contributed by atoms with Crippen molar-refractivity contribution in [2.45, 2.75) is 46.5 Å². The maximum Gasteiger partial charge on any atom is 0.266 e. The molecule has 0 bridgehead atoms. The van der Waals surface area contributed by atoms with E-state index in [1.165, 1.54) is 11.3 Å². The van der Waals surface area contributed by atoms with Crippen molar-refractivity contribution in [2.75, 3.05) is 18.5 Å². The number of fused-ring (bicyclic) bond motifs is 1. The summed E-state index contributed by atoms with van der Waals surface area (Å²) in [6, 6.07) is 5.46. The Labute approximate surface area is 174 Å². The lowest BCUT2D eigenvalue weighted by Gasteiger charge is -2.13. The molecular weight excluding hydrogens is 386 g/mol. The minimum absolute atomic E-state index is 0.174. The molecule has 6 nitrogen and oxygen atoms in total. The number of nitrogens with zero attached hydrogens (tertiary/aromatic N) is 2. The SMILES string of the molecule is CCOc1ccc(OCC)c(NC(=O)c2sc3nc(C4CC4)nc(C)c3c2C)c1. The number of ether oxygens (including phenoxy) is 2. The molecule has 29 heavy (non-hydrogen) atoms. The number of anilines is 1. The van der Waals surface area contributed by atoms with Crippen LogP contribution in [-0.4, -0.2) is 29.1 Å². The third kappa shape index (κ3) is 3.92. The molecule has 0 spiro atoms. The van der Waals surface area contributed by atoms with Crippen LogP contribution >= 0.6 is 11.3 Å². The molecular formula is C22H25N3O3S. The van der Waals surface area contributed by atoms with Crippen LogP contribution in [0.25, 0.3) is 10.2 Å². The zero-order valence-electron chi connectivity index (χ0n) is 17.2. The van der Waals surface area contributed by atoms with Crippen LogP contribution in [0, 0.1) is 13.8 Å². The van der Waals surface area contributed by atoms with Crippen LogP contribution in [0.5, 0.6) is 11.5 Å². The Morgan fingerprint density at radius 2 is 1.93 bits per heavy atom. The first-order valence-corrected chi connectivity index (χ1v) is 10.8. The zero-order chi connectivity index (χ0) is 20.5. The summed E-state index contributed by atoms with van der Waals surface area (Å²) in [5.74, 6) is 2.52. The van der Waals surface area contributed by atoms with Gasteiger partial charge < -0.3 is 14.8 Å². The zero-order valence-corrected chi connectivity index (χ0v) is 18.0. The monoisotopic (exact) mass is 411 g/mol. The first kappa shape index (κ1) is 19.6. The van der Waals surface area contributed by atoms with Gasteiger partial charge in [-0.15, -0.1) is 11.3 Å². The molecule has 7 heteroatoms. The maximum atomic E-state index is 13.1. The highest BCUT2D eigenvalue weighted by Crippen LogP contribution is 2.40. The van der Waals surface area contributed by atoms with Crippen LogP contribution in [0.1, 0.15) is 59.4 Å². The van der Waals surface area contributed by atoms with E-state index in [-0.39, 0.29) is 5.91 Å². The molecule has 0 saturated heterocycles. The number of benzene rings is 1. The summed E-state index contributed by atoms with van der Waals surface area (Å²) in [5.41, 5.74) is 2.46. The molecule has 2 aromatic heterocycles. The Hall–Kier alpha value is -2.67. The van der Waals surface area contributed by atoms with Gasteiger partial charge in [0.2, 0.25) is 0 Å². The molecule has 1 aliphatic rings. The number of aromatic nitrogens is 2. The van der Waals surface area contributed by atoms with Gasteiger partial charge in [-0.2, -0.15) is 0 Å². The van der Waals surface area contributed by atoms with Crippen molar-refractivity contribution in [3.8, 4) is 11.5 Å². The Morgan fingerprint density at radius 3 is 2.62 bits per heavy atom. The summed E-state index contributed by atoms with van der Waals surface area (Å²) in [6.45, 7) is 8.86. The molecule has 1 N–H and O–H groups in total. The van der Waals surface area contributed by atoms with Crippen molar-refractivity contribution < 1.29 is 14.3 Å². The standard InChI is InChI=1S/C22H25N3O3S/c1-5-27-15-9-10-17(28-6-2)16(11-15)24-21(26)19-12(3)18-13(4)23-20(14-7-8-14)25-22(18)29-19/h9-11,14H,5-8H2,1-4H3,(H,24,26). The summed E-state index contributed by atoms with van der Waals surface area (Å²) in [4.78, 5) is 24.1. The van der Waals surface area contributed by atoms with E-state index in [0.717, 1.165) is 40.1 Å². The number of thiophene rings is 1. The predicted molar refractivity (Wildman–Crippen MR) is 116 cm³/mol. The van der Waals surface area contributed by atoms with E-state index in [1.807, 2.05) is 39.8 Å². The van der Waals surface area contributed by atoms with Crippen LogP contribution < -0.4 is 14.8 Å². The fourth-order valence-electron chi connectivity index (χ4n) is 3.42. The van der Waals surface area contributed by atoms with Crippen LogP contribution in [0.3, 0.4) is 0 Å². The van der Waals surface area contributed by atoms with Gasteiger partial charge in [-0.05, 0) is 58.2 Å². The van der Waals surface area contributed by atoms with Gasteiger partial charge in [0.15, 0.2) is 0 Å². The summed E-state index contributed by atoms with van der Waals surface area (Å²) in [6.07, 6.45) is 2.30. The van der Waals surface area contributed by atoms with Crippen LogP contribution in [-0.2, 0) is 0 Å². The summed E-state index contributed by atoms with van der Waals surface area (Å²) >= 11 is 1.42. The molecule has 1 amide bonds. The molecule has 0 atom stereocenters. The highest BCUT2D eigenvalue weighted by Gasteiger charge is 2.28. The van der Waals surface area contributed by atoms with Crippen molar-refractivity contribution in [1.82, 2.24) is 9.97 Å². The van der Waals surface area contributed by atoms with Crippen LogP contribution in [0.4, 0.5) is 5.69 Å². The molecule has 1 fully saturated rings. The molecule has 0 unspecified atom stereocenters. The Kier molecular flexibility index (Phi) is 5.41. The summed E-state index contributed by atoms with van der Waals surface area (Å²) in [5, 5.41) is 3.98. The predicted octanol–water partition coefficient (Wildman–Crippen LogP) is 5.24. The molecule has 1 saturated carbocycles. The molecule has 3 aromatic rings. The minimum atomic E-state index is -0.174. The molecule has 152 valence electrons. The van der Waals surface area contributed by atoms with E-state index in [0.29, 0.717) is 41.2 Å². The number of amides is 1. The van der Waals surface area contributed by atoms with Gasteiger partial charge in [0.1, 0.15) is 22.2 Å². The van der Waals surface area contributed by atoms with E-state index < -0.39 is 0 Å². The van der Waals surface area contributed by atoms with Gasteiger partial charge in [0, 0.05) is 17.4 Å². The third-order valence-corrected chi connectivity index (χ3v) is 6.13. The second-order valence-electron chi connectivity index (χ2n) is 7.16. The van der Waals surface area contributed by atoms with E-state index >= 15 is 0 Å². The molecule has 1 aliphatic carbocycles. The Morgan fingerprint density at radius 1 is 1.17 bits per heavy atom. The minimum Gasteiger partial charge on any atom is -0.494 e. The third-order valence-electron chi connectivity index (χ3n) is 4.95. The fourth-order valence-corrected chi connectivity index (χ4v) is 4.56. The summed E-state index contributed by atoms with van der Waals surface area (Å²) in [7, 11) is 0. The number of aryl methyl sites for hydroxylation is 2. The van der Waals surface area contributed by atoms with E-state index in [9.17, 15) is 4.79 Å². The van der Waals surface area contributed by atoms with Gasteiger partial charge in [-0.3, -0.25) is 4.79 Å². The van der Waals surface area contributed by atoms with Crippen LogP contribution in [0.15, 0.2) is 18.2 Å².